The first-order valence-corrected chi connectivity index (χ1v) is 7.42. The molecule has 0 radical (unpaired) electrons. The first-order valence-electron chi connectivity index (χ1n) is 6.13. The van der Waals surface area contributed by atoms with Crippen LogP contribution < -0.4 is 5.32 Å². The summed E-state index contributed by atoms with van der Waals surface area (Å²) >= 11 is 1.94. The third kappa shape index (κ3) is 2.95. The minimum Gasteiger partial charge on any atom is -0.380 e. The highest BCUT2D eigenvalue weighted by Gasteiger charge is 2.24. The van der Waals surface area contributed by atoms with Crippen LogP contribution in [-0.2, 0) is 0 Å². The molecule has 0 saturated heterocycles. The fourth-order valence-corrected chi connectivity index (χ4v) is 3.39. The highest BCUT2D eigenvalue weighted by Crippen LogP contribution is 2.30. The van der Waals surface area contributed by atoms with Gasteiger partial charge >= 0.3 is 0 Å². The second-order valence-corrected chi connectivity index (χ2v) is 5.54. The molecule has 0 amide bonds. The number of rotatable bonds is 3. The Morgan fingerprint density at radius 2 is 2.06 bits per heavy atom. The molecule has 1 aliphatic rings. The maximum Gasteiger partial charge on any atom is 0.101 e. The maximum absolute atomic E-state index is 9.08. The molecule has 1 aromatic rings. The molecule has 1 saturated carbocycles. The molecule has 2 unspecified atom stereocenters. The van der Waals surface area contributed by atoms with Crippen molar-refractivity contribution in [2.24, 2.45) is 0 Å². The summed E-state index contributed by atoms with van der Waals surface area (Å²) in [6, 6.07) is 10.5. The molecule has 0 bridgehead atoms. The number of nitrogens with one attached hydrogen (secondary N) is 1. The fourth-order valence-electron chi connectivity index (χ4n) is 2.45. The molecule has 1 N–H and O–H groups in total. The molecule has 0 aliphatic heterocycles. The van der Waals surface area contributed by atoms with Crippen molar-refractivity contribution in [1.82, 2.24) is 0 Å². The largest absolute Gasteiger partial charge is 0.380 e. The van der Waals surface area contributed by atoms with Crippen LogP contribution in [0.2, 0.25) is 0 Å². The lowest BCUT2D eigenvalue weighted by atomic mass is 9.94. The number of para-hydroxylation sites is 1. The van der Waals surface area contributed by atoms with Gasteiger partial charge in [0.25, 0.3) is 0 Å². The summed E-state index contributed by atoms with van der Waals surface area (Å²) in [7, 11) is 0. The van der Waals surface area contributed by atoms with Crippen LogP contribution in [0.15, 0.2) is 24.3 Å². The Kier molecular flexibility index (Phi) is 4.33. The number of anilines is 1. The lowest BCUT2D eigenvalue weighted by Gasteiger charge is -2.32. The van der Waals surface area contributed by atoms with Gasteiger partial charge in [-0.05, 0) is 31.2 Å². The Balaban J connectivity index is 2.11. The van der Waals surface area contributed by atoms with Crippen molar-refractivity contribution >= 4 is 17.4 Å². The van der Waals surface area contributed by atoms with Crippen LogP contribution in [0.3, 0.4) is 0 Å². The predicted molar refractivity (Wildman–Crippen MR) is 74.3 cm³/mol. The topological polar surface area (TPSA) is 35.8 Å². The van der Waals surface area contributed by atoms with Gasteiger partial charge in [0.1, 0.15) is 6.07 Å². The minimum absolute atomic E-state index is 0.508. The van der Waals surface area contributed by atoms with Crippen LogP contribution in [0.1, 0.15) is 31.2 Å². The molecule has 2 rings (SSSR count). The molecular weight excluding hydrogens is 228 g/mol. The first kappa shape index (κ1) is 12.3. The minimum atomic E-state index is 0.508. The zero-order chi connectivity index (χ0) is 12.1. The predicted octanol–water partition coefficient (Wildman–Crippen LogP) is 3.64. The fraction of sp³-hybridized carbons (Fsp3) is 0.500. The normalized spacial score (nSPS) is 24.0. The molecule has 0 aromatic heterocycles. The van der Waals surface area contributed by atoms with Crippen LogP contribution in [-0.4, -0.2) is 17.5 Å². The third-order valence-corrected chi connectivity index (χ3v) is 4.56. The van der Waals surface area contributed by atoms with Gasteiger partial charge in [0.15, 0.2) is 0 Å². The molecule has 2 nitrogen and oxygen atoms in total. The quantitative estimate of drug-likeness (QED) is 0.884. The summed E-state index contributed by atoms with van der Waals surface area (Å²) in [5.41, 5.74) is 1.74. The Morgan fingerprint density at radius 1 is 1.29 bits per heavy atom. The van der Waals surface area contributed by atoms with Crippen LogP contribution in [0.4, 0.5) is 5.69 Å². The van der Waals surface area contributed by atoms with Gasteiger partial charge in [-0.3, -0.25) is 0 Å². The van der Waals surface area contributed by atoms with Crippen molar-refractivity contribution in [1.29, 1.82) is 5.26 Å². The first-order chi connectivity index (χ1) is 8.35. The molecule has 90 valence electrons. The van der Waals surface area contributed by atoms with Gasteiger partial charge in [0.2, 0.25) is 0 Å². The molecular formula is C14H18N2S. The third-order valence-electron chi connectivity index (χ3n) is 3.39. The molecule has 17 heavy (non-hydrogen) atoms. The van der Waals surface area contributed by atoms with Gasteiger partial charge < -0.3 is 5.32 Å². The van der Waals surface area contributed by atoms with E-state index in [1.165, 1.54) is 25.7 Å². The Bertz CT molecular complexity index is 411. The number of hydrogen-bond donors (Lipinski definition) is 1. The van der Waals surface area contributed by atoms with E-state index >= 15 is 0 Å². The van der Waals surface area contributed by atoms with Crippen molar-refractivity contribution < 1.29 is 0 Å². The maximum atomic E-state index is 9.08. The van der Waals surface area contributed by atoms with Crippen molar-refractivity contribution in [3.05, 3.63) is 29.8 Å². The average molecular weight is 246 g/mol. The Labute approximate surface area is 107 Å². The van der Waals surface area contributed by atoms with E-state index in [2.05, 4.69) is 17.6 Å². The van der Waals surface area contributed by atoms with Crippen molar-refractivity contribution in [3.63, 3.8) is 0 Å². The number of nitriles is 1. The highest BCUT2D eigenvalue weighted by atomic mass is 32.2. The SMILES string of the molecule is CSC1CCCCC1Nc1ccccc1C#N. The number of nitrogens with zero attached hydrogens (tertiary/aromatic N) is 1. The van der Waals surface area contributed by atoms with E-state index in [-0.39, 0.29) is 0 Å². The average Bonchev–Trinajstić information content (AvgIpc) is 2.40. The Morgan fingerprint density at radius 3 is 2.82 bits per heavy atom. The summed E-state index contributed by atoms with van der Waals surface area (Å²) in [5, 5.41) is 13.3. The van der Waals surface area contributed by atoms with Crippen molar-refractivity contribution in [3.8, 4) is 6.07 Å². The highest BCUT2D eigenvalue weighted by molar-refractivity contribution is 7.99. The smallest absolute Gasteiger partial charge is 0.101 e. The lowest BCUT2D eigenvalue weighted by molar-refractivity contribution is 0.475. The van der Waals surface area contributed by atoms with Gasteiger partial charge in [0.05, 0.1) is 11.3 Å². The zero-order valence-corrected chi connectivity index (χ0v) is 11.0. The lowest BCUT2D eigenvalue weighted by Crippen LogP contribution is -2.34. The number of hydrogen-bond acceptors (Lipinski definition) is 3. The second-order valence-electron chi connectivity index (χ2n) is 4.47. The van der Waals surface area contributed by atoms with E-state index in [1.54, 1.807) is 0 Å². The van der Waals surface area contributed by atoms with E-state index in [9.17, 15) is 0 Å². The van der Waals surface area contributed by atoms with Crippen molar-refractivity contribution in [2.75, 3.05) is 11.6 Å². The second kappa shape index (κ2) is 5.97. The van der Waals surface area contributed by atoms with Crippen molar-refractivity contribution in [2.45, 2.75) is 37.0 Å². The summed E-state index contributed by atoms with van der Waals surface area (Å²) in [6.07, 6.45) is 7.31. The van der Waals surface area contributed by atoms with E-state index in [4.69, 9.17) is 5.26 Å². The van der Waals surface area contributed by atoms with E-state index in [1.807, 2.05) is 36.0 Å². The monoisotopic (exact) mass is 246 g/mol. The number of benzene rings is 1. The van der Waals surface area contributed by atoms with E-state index in [0.29, 0.717) is 11.3 Å². The summed E-state index contributed by atoms with van der Waals surface area (Å²) < 4.78 is 0. The van der Waals surface area contributed by atoms with E-state index in [0.717, 1.165) is 11.3 Å². The molecule has 2 atom stereocenters. The molecule has 0 heterocycles. The van der Waals surface area contributed by atoms with Gasteiger partial charge in [0, 0.05) is 11.3 Å². The summed E-state index contributed by atoms with van der Waals surface area (Å²) in [4.78, 5) is 0. The summed E-state index contributed by atoms with van der Waals surface area (Å²) in [6.45, 7) is 0. The van der Waals surface area contributed by atoms with Gasteiger partial charge in [-0.1, -0.05) is 25.0 Å². The van der Waals surface area contributed by atoms with Crippen LogP contribution >= 0.6 is 11.8 Å². The van der Waals surface area contributed by atoms with Gasteiger partial charge in [-0.25, -0.2) is 0 Å². The molecule has 1 aliphatic carbocycles. The molecule has 1 fully saturated rings. The molecule has 3 heteroatoms. The summed E-state index contributed by atoms with van der Waals surface area (Å²) in [5.74, 6) is 0. The van der Waals surface area contributed by atoms with Gasteiger partial charge in [-0.2, -0.15) is 17.0 Å². The standard InChI is InChI=1S/C14H18N2S/c1-17-14-9-5-4-8-13(14)16-12-7-3-2-6-11(12)10-15/h2-3,6-7,13-14,16H,4-5,8-9H2,1H3. The Hall–Kier alpha value is -1.14. The van der Waals surface area contributed by atoms with Gasteiger partial charge in [-0.15, -0.1) is 0 Å². The molecule has 0 spiro atoms. The number of thioether (sulfide) groups is 1. The zero-order valence-electron chi connectivity index (χ0n) is 10.1. The molecule has 1 aromatic carbocycles. The van der Waals surface area contributed by atoms with Crippen LogP contribution in [0, 0.1) is 11.3 Å². The van der Waals surface area contributed by atoms with Crippen LogP contribution in [0.5, 0.6) is 0 Å². The van der Waals surface area contributed by atoms with Crippen LogP contribution in [0.25, 0.3) is 0 Å². The van der Waals surface area contributed by atoms with E-state index < -0.39 is 0 Å².